The van der Waals surface area contributed by atoms with Gasteiger partial charge in [0.05, 0.1) is 0 Å². The van der Waals surface area contributed by atoms with Crippen LogP contribution >= 0.6 is 0 Å². The Morgan fingerprint density at radius 1 is 1.05 bits per heavy atom. The number of nitrogens with zero attached hydrogens (tertiary/aromatic N) is 4. The van der Waals surface area contributed by atoms with Gasteiger partial charge in [0.2, 0.25) is 5.95 Å². The summed E-state index contributed by atoms with van der Waals surface area (Å²) in [6.45, 7) is 2.66. The number of nitrogens with one attached hydrogen (secondary N) is 2. The summed E-state index contributed by atoms with van der Waals surface area (Å²) in [5, 5.41) is 6.21. The molecular weight excluding hydrogens is 276 g/mol. The minimum Gasteiger partial charge on any atom is -0.373 e. The SMILES string of the molecule is CNc1ccnc(NCc2ccc(-n3ccnc3C)cc2)n1. The van der Waals surface area contributed by atoms with Crippen molar-refractivity contribution in [2.75, 3.05) is 17.7 Å². The molecule has 0 saturated heterocycles. The molecule has 0 radical (unpaired) electrons. The Morgan fingerprint density at radius 2 is 1.86 bits per heavy atom. The first-order chi connectivity index (χ1) is 10.8. The van der Waals surface area contributed by atoms with Gasteiger partial charge in [-0.15, -0.1) is 0 Å². The number of imidazole rings is 1. The predicted molar refractivity (Wildman–Crippen MR) is 87.2 cm³/mol. The molecule has 0 bridgehead atoms. The molecule has 0 aliphatic rings. The molecule has 3 aromatic rings. The highest BCUT2D eigenvalue weighted by atomic mass is 15.1. The Bertz CT molecular complexity index is 747. The maximum atomic E-state index is 4.33. The molecule has 2 heterocycles. The van der Waals surface area contributed by atoms with Crippen molar-refractivity contribution in [2.45, 2.75) is 13.5 Å². The summed E-state index contributed by atoms with van der Waals surface area (Å²) in [5.74, 6) is 2.38. The van der Waals surface area contributed by atoms with Crippen LogP contribution in [-0.2, 0) is 6.54 Å². The van der Waals surface area contributed by atoms with E-state index in [1.165, 1.54) is 5.56 Å². The van der Waals surface area contributed by atoms with Crippen molar-refractivity contribution in [1.82, 2.24) is 19.5 Å². The topological polar surface area (TPSA) is 67.7 Å². The maximum Gasteiger partial charge on any atom is 0.224 e. The van der Waals surface area contributed by atoms with Gasteiger partial charge in [-0.1, -0.05) is 12.1 Å². The van der Waals surface area contributed by atoms with Crippen LogP contribution < -0.4 is 10.6 Å². The average Bonchev–Trinajstić information content (AvgIpc) is 3.00. The van der Waals surface area contributed by atoms with Crippen LogP contribution in [0.25, 0.3) is 5.69 Å². The molecule has 0 fully saturated rings. The van der Waals surface area contributed by atoms with Gasteiger partial charge >= 0.3 is 0 Å². The van der Waals surface area contributed by atoms with Gasteiger partial charge in [-0.05, 0) is 30.7 Å². The fourth-order valence-electron chi connectivity index (χ4n) is 2.19. The van der Waals surface area contributed by atoms with E-state index in [9.17, 15) is 0 Å². The van der Waals surface area contributed by atoms with E-state index in [1.54, 1.807) is 12.4 Å². The highest BCUT2D eigenvalue weighted by Gasteiger charge is 2.01. The zero-order valence-electron chi connectivity index (χ0n) is 12.6. The van der Waals surface area contributed by atoms with E-state index in [1.807, 2.05) is 26.2 Å². The van der Waals surface area contributed by atoms with Crippen LogP contribution in [0.3, 0.4) is 0 Å². The third kappa shape index (κ3) is 3.06. The molecule has 0 unspecified atom stereocenters. The van der Waals surface area contributed by atoms with Crippen molar-refractivity contribution in [3.8, 4) is 5.69 Å². The van der Waals surface area contributed by atoms with Crippen LogP contribution in [-0.4, -0.2) is 26.6 Å². The predicted octanol–water partition coefficient (Wildman–Crippen LogP) is 2.62. The van der Waals surface area contributed by atoms with Gasteiger partial charge in [0.25, 0.3) is 0 Å². The summed E-state index contributed by atoms with van der Waals surface area (Å²) in [6.07, 6.45) is 5.49. The number of hydrogen-bond donors (Lipinski definition) is 2. The fraction of sp³-hybridized carbons (Fsp3) is 0.188. The van der Waals surface area contributed by atoms with Gasteiger partial charge in [-0.3, -0.25) is 0 Å². The summed E-state index contributed by atoms with van der Waals surface area (Å²) in [6, 6.07) is 10.2. The highest BCUT2D eigenvalue weighted by Crippen LogP contribution is 2.13. The summed E-state index contributed by atoms with van der Waals surface area (Å²) in [5.41, 5.74) is 2.27. The van der Waals surface area contributed by atoms with Crippen LogP contribution in [0.2, 0.25) is 0 Å². The molecule has 0 aliphatic heterocycles. The molecule has 6 heteroatoms. The molecule has 112 valence electrons. The Labute approximate surface area is 129 Å². The second-order valence-corrected chi connectivity index (χ2v) is 4.88. The Kier molecular flexibility index (Phi) is 4.00. The van der Waals surface area contributed by atoms with Crippen molar-refractivity contribution in [2.24, 2.45) is 0 Å². The minimum atomic E-state index is 0.612. The Balaban J connectivity index is 1.67. The number of rotatable bonds is 5. The van der Waals surface area contributed by atoms with E-state index >= 15 is 0 Å². The zero-order chi connectivity index (χ0) is 15.4. The molecule has 22 heavy (non-hydrogen) atoms. The first kappa shape index (κ1) is 14.1. The normalized spacial score (nSPS) is 10.5. The molecular formula is C16H18N6. The Morgan fingerprint density at radius 3 is 2.55 bits per heavy atom. The third-order valence-corrected chi connectivity index (χ3v) is 3.40. The smallest absolute Gasteiger partial charge is 0.224 e. The van der Waals surface area contributed by atoms with E-state index in [-0.39, 0.29) is 0 Å². The third-order valence-electron chi connectivity index (χ3n) is 3.40. The Hall–Kier alpha value is -2.89. The van der Waals surface area contributed by atoms with Crippen LogP contribution in [0.1, 0.15) is 11.4 Å². The molecule has 1 aromatic carbocycles. The molecule has 3 rings (SSSR count). The van der Waals surface area contributed by atoms with E-state index in [0.29, 0.717) is 12.5 Å². The number of anilines is 2. The number of hydrogen-bond acceptors (Lipinski definition) is 5. The van der Waals surface area contributed by atoms with Crippen molar-refractivity contribution in [3.05, 3.63) is 60.3 Å². The number of aryl methyl sites for hydroxylation is 1. The van der Waals surface area contributed by atoms with Crippen LogP contribution in [0.15, 0.2) is 48.9 Å². The second-order valence-electron chi connectivity index (χ2n) is 4.88. The van der Waals surface area contributed by atoms with Crippen molar-refractivity contribution >= 4 is 11.8 Å². The van der Waals surface area contributed by atoms with E-state index < -0.39 is 0 Å². The summed E-state index contributed by atoms with van der Waals surface area (Å²) >= 11 is 0. The average molecular weight is 294 g/mol. The molecule has 6 nitrogen and oxygen atoms in total. The van der Waals surface area contributed by atoms with Crippen molar-refractivity contribution in [3.63, 3.8) is 0 Å². The lowest BCUT2D eigenvalue weighted by Gasteiger charge is -2.08. The van der Waals surface area contributed by atoms with Gasteiger partial charge in [0.1, 0.15) is 11.6 Å². The molecule has 0 atom stereocenters. The van der Waals surface area contributed by atoms with Gasteiger partial charge in [-0.25, -0.2) is 9.97 Å². The quantitative estimate of drug-likeness (QED) is 0.757. The second kappa shape index (κ2) is 6.26. The van der Waals surface area contributed by atoms with Gasteiger partial charge in [0.15, 0.2) is 0 Å². The largest absolute Gasteiger partial charge is 0.373 e. The monoisotopic (exact) mass is 294 g/mol. The summed E-state index contributed by atoms with van der Waals surface area (Å²) < 4.78 is 2.05. The van der Waals surface area contributed by atoms with E-state index in [4.69, 9.17) is 0 Å². The lowest BCUT2D eigenvalue weighted by molar-refractivity contribution is 0.971. The zero-order valence-corrected chi connectivity index (χ0v) is 12.6. The van der Waals surface area contributed by atoms with Gasteiger partial charge in [-0.2, -0.15) is 4.98 Å². The van der Waals surface area contributed by atoms with Crippen LogP contribution in [0.4, 0.5) is 11.8 Å². The highest BCUT2D eigenvalue weighted by molar-refractivity contribution is 5.40. The lowest BCUT2D eigenvalue weighted by Crippen LogP contribution is -2.05. The van der Waals surface area contributed by atoms with Crippen LogP contribution in [0, 0.1) is 6.92 Å². The van der Waals surface area contributed by atoms with Gasteiger partial charge < -0.3 is 15.2 Å². The standard InChI is InChI=1S/C16H18N6/c1-12-18-9-10-22(12)14-5-3-13(4-6-14)11-20-16-19-8-7-15(17-2)21-16/h3-10H,11H2,1-2H3,(H2,17,19,20,21). The maximum absolute atomic E-state index is 4.33. The lowest BCUT2D eigenvalue weighted by atomic mass is 10.2. The molecule has 0 aliphatic carbocycles. The minimum absolute atomic E-state index is 0.612. The molecule has 0 amide bonds. The number of aromatic nitrogens is 4. The van der Waals surface area contributed by atoms with Crippen molar-refractivity contribution in [1.29, 1.82) is 0 Å². The molecule has 2 aromatic heterocycles. The molecule has 2 N–H and O–H groups in total. The number of benzene rings is 1. The van der Waals surface area contributed by atoms with E-state index in [0.717, 1.165) is 17.3 Å². The van der Waals surface area contributed by atoms with Gasteiger partial charge in [0, 0.05) is 37.9 Å². The summed E-state index contributed by atoms with van der Waals surface area (Å²) in [4.78, 5) is 12.8. The van der Waals surface area contributed by atoms with Crippen molar-refractivity contribution < 1.29 is 0 Å². The van der Waals surface area contributed by atoms with Crippen LogP contribution in [0.5, 0.6) is 0 Å². The first-order valence-electron chi connectivity index (χ1n) is 7.10. The molecule has 0 spiro atoms. The summed E-state index contributed by atoms with van der Waals surface area (Å²) in [7, 11) is 1.84. The van der Waals surface area contributed by atoms with E-state index in [2.05, 4.69) is 54.4 Å². The first-order valence-corrected chi connectivity index (χ1v) is 7.10. The fourth-order valence-corrected chi connectivity index (χ4v) is 2.19. The molecule has 0 saturated carbocycles.